The van der Waals surface area contributed by atoms with E-state index in [1.54, 1.807) is 6.07 Å². The smallest absolute Gasteiger partial charge is 0.242 e. The zero-order valence-corrected chi connectivity index (χ0v) is 22.5. The molecule has 1 aliphatic heterocycles. The first-order chi connectivity index (χ1) is 13.8. The normalized spacial score (nSPS) is 39.0. The average molecular weight is 457 g/mol. The van der Waals surface area contributed by atoms with Crippen molar-refractivity contribution in [3.05, 3.63) is 40.2 Å². The van der Waals surface area contributed by atoms with E-state index in [9.17, 15) is 9.18 Å². The summed E-state index contributed by atoms with van der Waals surface area (Å²) in [6.07, 6.45) is 6.29. The third-order valence-electron chi connectivity index (χ3n) is 11.3. The number of fused-ring (bicyclic) bond motifs is 6. The second-order valence-electron chi connectivity index (χ2n) is 12.2. The number of benzene rings is 1. The fourth-order valence-electron chi connectivity index (χ4n) is 9.51. The quantitative estimate of drug-likeness (QED) is 0.516. The van der Waals surface area contributed by atoms with Crippen molar-refractivity contribution in [3.8, 4) is 0 Å². The van der Waals surface area contributed by atoms with Gasteiger partial charge in [-0.3, -0.25) is 10.5 Å². The summed E-state index contributed by atoms with van der Waals surface area (Å²) in [5, 5.41) is -0.670. The van der Waals surface area contributed by atoms with Gasteiger partial charge in [0.2, 0.25) is 5.91 Å². The molecule has 1 aromatic carbocycles. The molecule has 5 rings (SSSR count). The van der Waals surface area contributed by atoms with Crippen molar-refractivity contribution in [2.75, 3.05) is 0 Å². The summed E-state index contributed by atoms with van der Waals surface area (Å²) < 4.78 is 14.9. The van der Waals surface area contributed by atoms with Gasteiger partial charge in [-0.15, -0.1) is 0 Å². The maximum atomic E-state index is 14.9. The molecule has 1 radical (unpaired) electrons. The van der Waals surface area contributed by atoms with E-state index in [4.69, 9.17) is 5.73 Å². The highest BCUT2D eigenvalue weighted by Crippen LogP contribution is 2.83. The number of nitrogens with one attached hydrogen (secondary N) is 1. The zero-order valence-electron chi connectivity index (χ0n) is 19.5. The minimum Gasteiger partial charge on any atom is -0.273 e. The molecule has 161 valence electrons. The van der Waals surface area contributed by atoms with Gasteiger partial charge in [0.25, 0.3) is 0 Å². The van der Waals surface area contributed by atoms with Crippen molar-refractivity contribution in [2.24, 2.45) is 11.8 Å². The molecule has 1 N–H and O–H groups in total. The average Bonchev–Trinajstić information content (AvgIpc) is 3.34. The van der Waals surface area contributed by atoms with Gasteiger partial charge in [-0.05, 0) is 67.2 Å². The Kier molecular flexibility index (Phi) is 3.95. The van der Waals surface area contributed by atoms with Gasteiger partial charge in [0.15, 0.2) is 0 Å². The SMILES string of the molecule is CC1=Cc2c(C34C5CCC(C5)C3(C([NH])=O)[Si](C)(C)[Si](C)(C)[Si]4(C)C)ccc(F)c2C1. The number of hydrogen-bond acceptors (Lipinski definition) is 1. The number of amides is 1. The Labute approximate surface area is 183 Å². The van der Waals surface area contributed by atoms with Gasteiger partial charge in [0.1, 0.15) is 5.82 Å². The lowest BCUT2D eigenvalue weighted by molar-refractivity contribution is -0.124. The number of carbonyl (C=O) groups excluding carboxylic acids is 1. The molecule has 4 unspecified atom stereocenters. The first kappa shape index (κ1) is 20.9. The predicted octanol–water partition coefficient (Wildman–Crippen LogP) is 5.84. The van der Waals surface area contributed by atoms with Gasteiger partial charge in [-0.2, -0.15) is 0 Å². The molecule has 0 spiro atoms. The Morgan fingerprint density at radius 1 is 1.07 bits per heavy atom. The summed E-state index contributed by atoms with van der Waals surface area (Å²) >= 11 is 0. The van der Waals surface area contributed by atoms with Crippen LogP contribution in [-0.2, 0) is 16.3 Å². The number of carbonyl (C=O) groups is 1. The predicted molar refractivity (Wildman–Crippen MR) is 130 cm³/mol. The lowest BCUT2D eigenvalue weighted by atomic mass is 9.71. The molecule has 1 aromatic rings. The summed E-state index contributed by atoms with van der Waals surface area (Å²) in [7, 11) is -5.82. The number of hydrogen-bond donors (Lipinski definition) is 0. The van der Waals surface area contributed by atoms with Crippen LogP contribution in [0, 0.1) is 17.7 Å². The molecule has 4 aliphatic rings. The van der Waals surface area contributed by atoms with E-state index in [0.717, 1.165) is 24.0 Å². The zero-order chi connectivity index (χ0) is 22.1. The van der Waals surface area contributed by atoms with Crippen LogP contribution in [0.2, 0.25) is 44.3 Å². The third-order valence-corrected chi connectivity index (χ3v) is 56.2. The molecule has 4 atom stereocenters. The van der Waals surface area contributed by atoms with E-state index >= 15 is 0 Å². The summed E-state index contributed by atoms with van der Waals surface area (Å²) in [6.45, 7) is 17.3. The van der Waals surface area contributed by atoms with Crippen LogP contribution in [-0.4, -0.2) is 28.2 Å². The summed E-state index contributed by atoms with van der Waals surface area (Å²) in [6, 6.07) is 3.75. The monoisotopic (exact) mass is 456 g/mol. The fraction of sp³-hybridized carbons (Fsp3) is 0.625. The summed E-state index contributed by atoms with van der Waals surface area (Å²) in [5.41, 5.74) is 13.3. The first-order valence-electron chi connectivity index (χ1n) is 11.5. The molecule has 2 saturated carbocycles. The van der Waals surface area contributed by atoms with Gasteiger partial charge in [0, 0.05) is 12.1 Å². The molecule has 0 aromatic heterocycles. The van der Waals surface area contributed by atoms with Crippen LogP contribution < -0.4 is 5.73 Å². The molecule has 2 bridgehead atoms. The Morgan fingerprint density at radius 3 is 2.33 bits per heavy atom. The number of rotatable bonds is 2. The minimum atomic E-state index is -2.07. The van der Waals surface area contributed by atoms with Crippen LogP contribution in [0.5, 0.6) is 0 Å². The molecule has 1 saturated heterocycles. The molecule has 3 aliphatic carbocycles. The fourth-order valence-corrected chi connectivity index (χ4v) is 53.7. The van der Waals surface area contributed by atoms with Gasteiger partial charge in [-0.25, -0.2) is 4.39 Å². The lowest BCUT2D eigenvalue weighted by Gasteiger charge is -2.56. The van der Waals surface area contributed by atoms with Gasteiger partial charge in [0.05, 0.1) is 20.2 Å². The van der Waals surface area contributed by atoms with Crippen LogP contribution in [0.15, 0.2) is 17.7 Å². The number of halogens is 1. The van der Waals surface area contributed by atoms with E-state index in [2.05, 4.69) is 58.3 Å². The maximum Gasteiger partial charge on any atom is 0.242 e. The highest BCUT2D eigenvalue weighted by atomic mass is 29.6. The minimum absolute atomic E-state index is 0.102. The van der Waals surface area contributed by atoms with Crippen molar-refractivity contribution in [3.63, 3.8) is 0 Å². The largest absolute Gasteiger partial charge is 0.273 e. The number of allylic oxidation sites excluding steroid dienone is 1. The lowest BCUT2D eigenvalue weighted by Crippen LogP contribution is -2.69. The standard InChI is InChI=1S/C24H35FNOSi3/c1-15-12-18-19(13-15)21(25)11-10-20(18)23-16-8-9-17(14-16)24(23,22(26)27)29(4,5)30(6,7)28(23,2)3/h10-12,16-17,26H,8-9,13-14H2,1-7H3. The van der Waals surface area contributed by atoms with Gasteiger partial charge < -0.3 is 0 Å². The van der Waals surface area contributed by atoms with Crippen LogP contribution in [0.4, 0.5) is 4.39 Å². The second-order valence-corrected chi connectivity index (χ2v) is 40.0. The van der Waals surface area contributed by atoms with E-state index in [1.807, 2.05) is 0 Å². The summed E-state index contributed by atoms with van der Waals surface area (Å²) in [4.78, 5) is 13.7. The Hall–Kier alpha value is -0.989. The summed E-state index contributed by atoms with van der Waals surface area (Å²) in [5.74, 6) is 0.488. The molecule has 1 heterocycles. The molecular weight excluding hydrogens is 422 g/mol. The van der Waals surface area contributed by atoms with Crippen LogP contribution >= 0.6 is 0 Å². The maximum absolute atomic E-state index is 14.9. The Morgan fingerprint density at radius 2 is 1.70 bits per heavy atom. The van der Waals surface area contributed by atoms with Crippen LogP contribution in [0.25, 0.3) is 6.08 Å². The van der Waals surface area contributed by atoms with E-state index < -0.39 is 27.3 Å². The molecule has 3 fully saturated rings. The molecule has 2 nitrogen and oxygen atoms in total. The van der Waals surface area contributed by atoms with Crippen LogP contribution in [0.1, 0.15) is 42.9 Å². The molecular formula is C24H35FNOSi3. The van der Waals surface area contributed by atoms with E-state index in [0.29, 0.717) is 18.3 Å². The second kappa shape index (κ2) is 5.67. The van der Waals surface area contributed by atoms with Gasteiger partial charge >= 0.3 is 0 Å². The first-order valence-corrected chi connectivity index (χ1v) is 22.5. The van der Waals surface area contributed by atoms with E-state index in [-0.39, 0.29) is 16.8 Å². The van der Waals surface area contributed by atoms with Gasteiger partial charge in [-0.1, -0.05) is 57.0 Å². The van der Waals surface area contributed by atoms with E-state index in [1.165, 1.54) is 17.6 Å². The Bertz CT molecular complexity index is 1030. The van der Waals surface area contributed by atoms with Crippen molar-refractivity contribution in [2.45, 2.75) is 82.0 Å². The topological polar surface area (TPSA) is 40.9 Å². The third kappa shape index (κ3) is 1.76. The molecule has 1 amide bonds. The molecule has 6 heteroatoms. The van der Waals surface area contributed by atoms with Crippen molar-refractivity contribution in [1.29, 1.82) is 0 Å². The molecule has 30 heavy (non-hydrogen) atoms. The van der Waals surface area contributed by atoms with Crippen molar-refractivity contribution < 1.29 is 9.18 Å². The van der Waals surface area contributed by atoms with Crippen LogP contribution in [0.3, 0.4) is 0 Å². The van der Waals surface area contributed by atoms with Crippen molar-refractivity contribution in [1.82, 2.24) is 5.73 Å². The van der Waals surface area contributed by atoms with Crippen molar-refractivity contribution >= 4 is 34.3 Å². The highest BCUT2D eigenvalue weighted by molar-refractivity contribution is 7.72. The Balaban J connectivity index is 1.98. The highest BCUT2D eigenvalue weighted by Gasteiger charge is 2.89.